The van der Waals surface area contributed by atoms with Crippen LogP contribution in [0, 0.1) is 12.8 Å². The highest BCUT2D eigenvalue weighted by Crippen LogP contribution is 2.28. The Hall–Kier alpha value is -1.43. The normalized spacial score (nSPS) is 14.2. The summed E-state index contributed by atoms with van der Waals surface area (Å²) in [6, 6.07) is 0. The maximum Gasteiger partial charge on any atom is 0.263 e. The molecule has 1 heterocycles. The molecule has 1 fully saturated rings. The van der Waals surface area contributed by atoms with Crippen molar-refractivity contribution in [3.8, 4) is 0 Å². The zero-order valence-electron chi connectivity index (χ0n) is 11.3. The molecule has 1 aromatic rings. The van der Waals surface area contributed by atoms with Crippen LogP contribution in [-0.2, 0) is 11.2 Å². The Balaban J connectivity index is 1.74. The van der Waals surface area contributed by atoms with Crippen molar-refractivity contribution >= 4 is 23.2 Å². The van der Waals surface area contributed by atoms with Gasteiger partial charge in [0.15, 0.2) is 0 Å². The SMILES string of the molecule is CCc1nc(C)c(C(=O)NCCNC(=O)C2CC2)s1. The van der Waals surface area contributed by atoms with E-state index in [1.54, 1.807) is 0 Å². The lowest BCUT2D eigenvalue weighted by molar-refractivity contribution is -0.122. The zero-order chi connectivity index (χ0) is 13.8. The third-order valence-electron chi connectivity index (χ3n) is 3.01. The molecule has 104 valence electrons. The molecule has 1 aliphatic carbocycles. The molecule has 5 nitrogen and oxygen atoms in total. The number of aromatic nitrogens is 1. The number of thiazole rings is 1. The minimum absolute atomic E-state index is 0.102. The molecule has 2 amide bonds. The summed E-state index contributed by atoms with van der Waals surface area (Å²) >= 11 is 1.44. The van der Waals surface area contributed by atoms with E-state index in [1.165, 1.54) is 11.3 Å². The molecule has 1 aliphatic rings. The van der Waals surface area contributed by atoms with Gasteiger partial charge in [0.2, 0.25) is 5.91 Å². The van der Waals surface area contributed by atoms with Crippen LogP contribution in [0.3, 0.4) is 0 Å². The highest BCUT2D eigenvalue weighted by molar-refractivity contribution is 7.13. The molecule has 0 aromatic carbocycles. The van der Waals surface area contributed by atoms with E-state index >= 15 is 0 Å². The zero-order valence-corrected chi connectivity index (χ0v) is 12.1. The summed E-state index contributed by atoms with van der Waals surface area (Å²) in [7, 11) is 0. The van der Waals surface area contributed by atoms with Crippen LogP contribution in [0.25, 0.3) is 0 Å². The molecule has 0 radical (unpaired) electrons. The Morgan fingerprint density at radius 3 is 2.58 bits per heavy atom. The van der Waals surface area contributed by atoms with Gasteiger partial charge >= 0.3 is 0 Å². The Labute approximate surface area is 116 Å². The number of hydrogen-bond acceptors (Lipinski definition) is 4. The third-order valence-corrected chi connectivity index (χ3v) is 4.31. The fraction of sp³-hybridized carbons (Fsp3) is 0.615. The maximum atomic E-state index is 11.9. The van der Waals surface area contributed by atoms with Crippen LogP contribution in [0.15, 0.2) is 0 Å². The standard InChI is InChI=1S/C13H19N3O2S/c1-3-10-16-8(2)11(19-10)13(18)15-7-6-14-12(17)9-4-5-9/h9H,3-7H2,1-2H3,(H,14,17)(H,15,18). The molecule has 0 aliphatic heterocycles. The van der Waals surface area contributed by atoms with Crippen molar-refractivity contribution in [1.82, 2.24) is 15.6 Å². The topological polar surface area (TPSA) is 71.1 Å². The minimum atomic E-state index is -0.102. The van der Waals surface area contributed by atoms with E-state index in [0.717, 1.165) is 30.0 Å². The average Bonchev–Trinajstić information content (AvgIpc) is 3.17. The highest BCUT2D eigenvalue weighted by Gasteiger charge is 2.29. The van der Waals surface area contributed by atoms with Gasteiger partial charge in [-0.15, -0.1) is 11.3 Å². The predicted octanol–water partition coefficient (Wildman–Crippen LogP) is 1.27. The largest absolute Gasteiger partial charge is 0.354 e. The molecular formula is C13H19N3O2S. The molecule has 0 unspecified atom stereocenters. The van der Waals surface area contributed by atoms with Crippen molar-refractivity contribution in [3.63, 3.8) is 0 Å². The van der Waals surface area contributed by atoms with E-state index in [2.05, 4.69) is 15.6 Å². The van der Waals surface area contributed by atoms with Crippen LogP contribution in [0.2, 0.25) is 0 Å². The maximum absolute atomic E-state index is 11.9. The second-order valence-corrected chi connectivity index (χ2v) is 5.78. The molecule has 0 spiro atoms. The van der Waals surface area contributed by atoms with Crippen molar-refractivity contribution in [2.75, 3.05) is 13.1 Å². The van der Waals surface area contributed by atoms with Crippen molar-refractivity contribution in [3.05, 3.63) is 15.6 Å². The molecule has 1 saturated carbocycles. The van der Waals surface area contributed by atoms with Crippen LogP contribution >= 0.6 is 11.3 Å². The molecular weight excluding hydrogens is 262 g/mol. The summed E-state index contributed by atoms with van der Waals surface area (Å²) in [6.45, 7) is 4.81. The lowest BCUT2D eigenvalue weighted by atomic mass is 10.3. The Morgan fingerprint density at radius 1 is 1.32 bits per heavy atom. The Kier molecular flexibility index (Phi) is 4.52. The van der Waals surface area contributed by atoms with Gasteiger partial charge in [0, 0.05) is 19.0 Å². The monoisotopic (exact) mass is 281 g/mol. The first-order chi connectivity index (χ1) is 9.11. The van der Waals surface area contributed by atoms with E-state index in [1.807, 2.05) is 13.8 Å². The van der Waals surface area contributed by atoms with Gasteiger partial charge in [-0.2, -0.15) is 0 Å². The number of carbonyl (C=O) groups excluding carboxylic acids is 2. The van der Waals surface area contributed by atoms with E-state index < -0.39 is 0 Å². The van der Waals surface area contributed by atoms with E-state index in [0.29, 0.717) is 18.0 Å². The Bertz CT molecular complexity index is 480. The second-order valence-electron chi connectivity index (χ2n) is 4.70. The number of aryl methyl sites for hydroxylation is 2. The van der Waals surface area contributed by atoms with Crippen molar-refractivity contribution in [2.45, 2.75) is 33.1 Å². The highest BCUT2D eigenvalue weighted by atomic mass is 32.1. The van der Waals surface area contributed by atoms with Crippen molar-refractivity contribution in [2.24, 2.45) is 5.92 Å². The number of rotatable bonds is 6. The van der Waals surface area contributed by atoms with Gasteiger partial charge in [-0.1, -0.05) is 6.92 Å². The lowest BCUT2D eigenvalue weighted by Gasteiger charge is -2.05. The second kappa shape index (κ2) is 6.14. The molecule has 2 N–H and O–H groups in total. The van der Waals surface area contributed by atoms with E-state index in [4.69, 9.17) is 0 Å². The van der Waals surface area contributed by atoms with Crippen LogP contribution in [0.1, 0.15) is 40.1 Å². The van der Waals surface area contributed by atoms with Crippen LogP contribution in [-0.4, -0.2) is 29.9 Å². The van der Waals surface area contributed by atoms with E-state index in [-0.39, 0.29) is 17.7 Å². The molecule has 2 rings (SSSR count). The van der Waals surface area contributed by atoms with Crippen LogP contribution < -0.4 is 10.6 Å². The molecule has 6 heteroatoms. The molecule has 0 atom stereocenters. The molecule has 0 saturated heterocycles. The van der Waals surface area contributed by atoms with Gasteiger partial charge in [0.25, 0.3) is 5.91 Å². The van der Waals surface area contributed by atoms with Gasteiger partial charge in [-0.25, -0.2) is 4.98 Å². The number of nitrogens with one attached hydrogen (secondary N) is 2. The molecule has 1 aromatic heterocycles. The lowest BCUT2D eigenvalue weighted by Crippen LogP contribution is -2.35. The van der Waals surface area contributed by atoms with Gasteiger partial charge in [-0.05, 0) is 26.2 Å². The first-order valence-electron chi connectivity index (χ1n) is 6.64. The minimum Gasteiger partial charge on any atom is -0.354 e. The van der Waals surface area contributed by atoms with Crippen molar-refractivity contribution in [1.29, 1.82) is 0 Å². The summed E-state index contributed by atoms with van der Waals surface area (Å²) in [5.74, 6) is 0.221. The summed E-state index contributed by atoms with van der Waals surface area (Å²) in [6.07, 6.45) is 2.84. The van der Waals surface area contributed by atoms with Gasteiger partial charge in [-0.3, -0.25) is 9.59 Å². The summed E-state index contributed by atoms with van der Waals surface area (Å²) in [5, 5.41) is 6.60. The van der Waals surface area contributed by atoms with Gasteiger partial charge in [0.05, 0.1) is 10.7 Å². The quantitative estimate of drug-likeness (QED) is 0.771. The van der Waals surface area contributed by atoms with Crippen LogP contribution in [0.5, 0.6) is 0 Å². The average molecular weight is 281 g/mol. The first kappa shape index (κ1) is 14.0. The van der Waals surface area contributed by atoms with Gasteiger partial charge < -0.3 is 10.6 Å². The Morgan fingerprint density at radius 2 is 2.00 bits per heavy atom. The first-order valence-corrected chi connectivity index (χ1v) is 7.45. The number of hydrogen-bond donors (Lipinski definition) is 2. The number of nitrogens with zero attached hydrogens (tertiary/aromatic N) is 1. The predicted molar refractivity (Wildman–Crippen MR) is 74.3 cm³/mol. The molecule has 0 bridgehead atoms. The third kappa shape index (κ3) is 3.76. The summed E-state index contributed by atoms with van der Waals surface area (Å²) < 4.78 is 0. The van der Waals surface area contributed by atoms with Crippen LogP contribution in [0.4, 0.5) is 0 Å². The smallest absolute Gasteiger partial charge is 0.263 e. The number of amides is 2. The molecule has 19 heavy (non-hydrogen) atoms. The fourth-order valence-corrected chi connectivity index (χ4v) is 2.67. The van der Waals surface area contributed by atoms with E-state index in [9.17, 15) is 9.59 Å². The number of carbonyl (C=O) groups is 2. The summed E-state index contributed by atoms with van der Waals surface area (Å²) in [4.78, 5) is 28.3. The summed E-state index contributed by atoms with van der Waals surface area (Å²) in [5.41, 5.74) is 0.779. The fourth-order valence-electron chi connectivity index (χ4n) is 1.75. The van der Waals surface area contributed by atoms with Crippen molar-refractivity contribution < 1.29 is 9.59 Å². The van der Waals surface area contributed by atoms with Gasteiger partial charge in [0.1, 0.15) is 4.88 Å².